The van der Waals surface area contributed by atoms with Crippen molar-refractivity contribution in [3.05, 3.63) is 96.2 Å². The van der Waals surface area contributed by atoms with E-state index in [0.717, 1.165) is 30.1 Å². The number of nitrogens with zero attached hydrogens (tertiary/aromatic N) is 2. The van der Waals surface area contributed by atoms with Gasteiger partial charge in [0.15, 0.2) is 0 Å². The molecule has 12 nitrogen and oxygen atoms in total. The maximum atomic E-state index is 12.4. The Morgan fingerprint density at radius 1 is 0.878 bits per heavy atom. The van der Waals surface area contributed by atoms with Crippen LogP contribution in [0.4, 0.5) is 15.5 Å². The highest BCUT2D eigenvalue weighted by atomic mass is 32.2. The molecule has 4 N–H and O–H groups in total. The van der Waals surface area contributed by atoms with Gasteiger partial charge in [0.25, 0.3) is 21.8 Å². The Hall–Kier alpha value is -4.82. The van der Waals surface area contributed by atoms with E-state index in [1.807, 2.05) is 35.1 Å². The molecule has 1 saturated carbocycles. The fraction of sp³-hybridized carbons (Fsp3) is 0.148. The van der Waals surface area contributed by atoms with Crippen LogP contribution in [0.2, 0.25) is 0 Å². The maximum Gasteiger partial charge on any atom is 0.324 e. The number of anilines is 2. The van der Waals surface area contributed by atoms with Crippen LogP contribution < -0.4 is 25.4 Å². The van der Waals surface area contributed by atoms with Gasteiger partial charge in [-0.25, -0.2) is 17.9 Å². The Kier molecular flexibility index (Phi) is 9.60. The molecule has 1 fully saturated rings. The number of nitrogens with one attached hydrogen (secondary N) is 4. The third-order valence-corrected chi connectivity index (χ3v) is 7.47. The standard InChI is InChI=1S/C18H18N2O5S.C9H8N4OS/c1-25-16-5-3-2-4-15(16)18(22)20-26(23,24)14-10-6-12(7-11-14)17(21)19-13-8-9-13;14-9(12-8-6-10-13-15-8)11-7-4-2-1-3-5-7/h2-7,10-11,13H,8-9H2,1H3,(H,19,21)(H,20,22);1-6H,(H2,11,12,14). The summed E-state index contributed by atoms with van der Waals surface area (Å²) in [5.74, 6) is -0.764. The van der Waals surface area contributed by atoms with Crippen LogP contribution >= 0.6 is 11.5 Å². The lowest BCUT2D eigenvalue weighted by Gasteiger charge is -2.10. The Morgan fingerprint density at radius 2 is 1.56 bits per heavy atom. The van der Waals surface area contributed by atoms with Gasteiger partial charge in [-0.1, -0.05) is 34.8 Å². The number of carbonyl (C=O) groups excluding carboxylic acids is 3. The zero-order valence-corrected chi connectivity index (χ0v) is 23.4. The van der Waals surface area contributed by atoms with Crippen molar-refractivity contribution in [2.45, 2.75) is 23.8 Å². The van der Waals surface area contributed by atoms with E-state index >= 15 is 0 Å². The number of rotatable bonds is 8. The van der Waals surface area contributed by atoms with Crippen molar-refractivity contribution in [1.29, 1.82) is 0 Å². The minimum absolute atomic E-state index is 0.108. The van der Waals surface area contributed by atoms with Crippen molar-refractivity contribution in [3.8, 4) is 5.75 Å². The fourth-order valence-corrected chi connectivity index (χ4v) is 4.75. The number of hydrogen-bond acceptors (Lipinski definition) is 9. The van der Waals surface area contributed by atoms with Crippen molar-refractivity contribution >= 4 is 50.1 Å². The summed E-state index contributed by atoms with van der Waals surface area (Å²) in [4.78, 5) is 35.5. The first-order chi connectivity index (χ1) is 19.7. The van der Waals surface area contributed by atoms with Crippen molar-refractivity contribution < 1.29 is 27.5 Å². The summed E-state index contributed by atoms with van der Waals surface area (Å²) in [6.45, 7) is 0. The highest BCUT2D eigenvalue weighted by Crippen LogP contribution is 2.21. The second-order valence-electron chi connectivity index (χ2n) is 8.63. The highest BCUT2D eigenvalue weighted by Gasteiger charge is 2.25. The van der Waals surface area contributed by atoms with E-state index in [9.17, 15) is 22.8 Å². The van der Waals surface area contributed by atoms with Crippen LogP contribution in [0.5, 0.6) is 5.75 Å². The summed E-state index contributed by atoms with van der Waals surface area (Å²) < 4.78 is 35.5. The normalized spacial score (nSPS) is 12.2. The van der Waals surface area contributed by atoms with Crippen molar-refractivity contribution in [2.75, 3.05) is 17.7 Å². The number of aromatic nitrogens is 2. The van der Waals surface area contributed by atoms with Crippen LogP contribution in [-0.2, 0) is 10.0 Å². The van der Waals surface area contributed by atoms with Crippen molar-refractivity contribution in [3.63, 3.8) is 0 Å². The Balaban J connectivity index is 0.000000218. The third kappa shape index (κ3) is 8.58. The smallest absolute Gasteiger partial charge is 0.324 e. The van der Waals surface area contributed by atoms with Gasteiger partial charge >= 0.3 is 6.03 Å². The van der Waals surface area contributed by atoms with Gasteiger partial charge in [-0.2, -0.15) is 0 Å². The number of carbonyl (C=O) groups is 3. The summed E-state index contributed by atoms with van der Waals surface area (Å²) in [6, 6.07) is 20.9. The summed E-state index contributed by atoms with van der Waals surface area (Å²) in [7, 11) is -2.68. The molecular formula is C27H26N6O6S2. The first kappa shape index (κ1) is 29.2. The molecule has 0 bridgehead atoms. The third-order valence-electron chi connectivity index (χ3n) is 5.55. The zero-order valence-electron chi connectivity index (χ0n) is 21.7. The van der Waals surface area contributed by atoms with Gasteiger partial charge < -0.3 is 15.4 Å². The van der Waals surface area contributed by atoms with Crippen LogP contribution in [0.25, 0.3) is 0 Å². The molecule has 0 saturated heterocycles. The second-order valence-corrected chi connectivity index (χ2v) is 11.1. The molecular weight excluding hydrogens is 568 g/mol. The molecule has 41 heavy (non-hydrogen) atoms. The van der Waals surface area contributed by atoms with Crippen LogP contribution in [-0.4, -0.2) is 49.0 Å². The number of amides is 4. The molecule has 4 amide bonds. The van der Waals surface area contributed by atoms with Crippen LogP contribution in [0.3, 0.4) is 0 Å². The van der Waals surface area contributed by atoms with E-state index in [1.54, 1.807) is 18.2 Å². The van der Waals surface area contributed by atoms with Crippen LogP contribution in [0.15, 0.2) is 90.0 Å². The Labute approximate surface area is 240 Å². The lowest BCUT2D eigenvalue weighted by molar-refractivity contribution is 0.0948. The van der Waals surface area contributed by atoms with Crippen LogP contribution in [0, 0.1) is 0 Å². The van der Waals surface area contributed by atoms with Crippen molar-refractivity contribution in [2.24, 2.45) is 0 Å². The van der Waals surface area contributed by atoms with E-state index in [2.05, 4.69) is 25.5 Å². The number of para-hydroxylation sites is 2. The molecule has 0 radical (unpaired) electrons. The van der Waals surface area contributed by atoms with Crippen molar-refractivity contribution in [1.82, 2.24) is 19.6 Å². The van der Waals surface area contributed by atoms with E-state index in [1.165, 1.54) is 43.6 Å². The number of sulfonamides is 1. The SMILES string of the molecule is COc1ccccc1C(=O)NS(=O)(=O)c1ccc(C(=O)NC2CC2)cc1.O=C(Nc1ccccc1)Nc1cnns1. The topological polar surface area (TPSA) is 168 Å². The predicted octanol–water partition coefficient (Wildman–Crippen LogP) is 3.89. The monoisotopic (exact) mass is 594 g/mol. The van der Waals surface area contributed by atoms with E-state index in [4.69, 9.17) is 4.74 Å². The molecule has 4 aromatic rings. The molecule has 0 unspecified atom stereocenters. The number of methoxy groups -OCH3 is 1. The quantitative estimate of drug-likeness (QED) is 0.238. The molecule has 5 rings (SSSR count). The van der Waals surface area contributed by atoms with Gasteiger partial charge in [0.2, 0.25) is 0 Å². The molecule has 14 heteroatoms. The molecule has 3 aromatic carbocycles. The predicted molar refractivity (Wildman–Crippen MR) is 154 cm³/mol. The number of hydrogen-bond donors (Lipinski definition) is 4. The number of ether oxygens (including phenoxy) is 1. The van der Waals surface area contributed by atoms with Gasteiger partial charge in [0.05, 0.1) is 23.8 Å². The van der Waals surface area contributed by atoms with Gasteiger partial charge in [0.1, 0.15) is 10.8 Å². The average Bonchev–Trinajstić information content (AvgIpc) is 3.65. The van der Waals surface area contributed by atoms with Gasteiger partial charge in [0, 0.05) is 28.8 Å². The van der Waals surface area contributed by atoms with Crippen LogP contribution in [0.1, 0.15) is 33.6 Å². The van der Waals surface area contributed by atoms with Gasteiger partial charge in [-0.05, 0) is 61.4 Å². The Morgan fingerprint density at radius 3 is 2.20 bits per heavy atom. The summed E-state index contributed by atoms with van der Waals surface area (Å²) in [5, 5.41) is 12.3. The number of benzene rings is 3. The molecule has 1 heterocycles. The zero-order chi connectivity index (χ0) is 29.2. The van der Waals surface area contributed by atoms with Gasteiger partial charge in [-0.3, -0.25) is 14.9 Å². The highest BCUT2D eigenvalue weighted by molar-refractivity contribution is 7.90. The minimum Gasteiger partial charge on any atom is -0.496 e. The van der Waals surface area contributed by atoms with E-state index < -0.39 is 15.9 Å². The molecule has 0 spiro atoms. The molecule has 212 valence electrons. The Bertz CT molecular complexity index is 1590. The van der Waals surface area contributed by atoms with E-state index in [0.29, 0.717) is 10.6 Å². The maximum absolute atomic E-state index is 12.4. The molecule has 1 aromatic heterocycles. The molecule has 1 aliphatic carbocycles. The second kappa shape index (κ2) is 13.5. The van der Waals surface area contributed by atoms with Gasteiger partial charge in [-0.15, -0.1) is 5.10 Å². The number of urea groups is 1. The minimum atomic E-state index is -4.07. The van der Waals surface area contributed by atoms with E-state index in [-0.39, 0.29) is 34.2 Å². The summed E-state index contributed by atoms with van der Waals surface area (Å²) >= 11 is 1.13. The summed E-state index contributed by atoms with van der Waals surface area (Å²) in [5.41, 5.74) is 1.22. The summed E-state index contributed by atoms with van der Waals surface area (Å²) in [6.07, 6.45) is 3.43. The first-order valence-electron chi connectivity index (χ1n) is 12.3. The molecule has 0 atom stereocenters. The lowest BCUT2D eigenvalue weighted by atomic mass is 10.2. The molecule has 0 aliphatic heterocycles. The first-order valence-corrected chi connectivity index (χ1v) is 14.5. The largest absolute Gasteiger partial charge is 0.496 e. The fourth-order valence-electron chi connectivity index (χ4n) is 3.37. The lowest BCUT2D eigenvalue weighted by Crippen LogP contribution is -2.31. The average molecular weight is 595 g/mol. The molecule has 1 aliphatic rings.